The van der Waals surface area contributed by atoms with E-state index in [1.807, 2.05) is 47.3 Å². The Bertz CT molecular complexity index is 1330. The molecule has 29 heavy (non-hydrogen) atoms. The van der Waals surface area contributed by atoms with Crippen LogP contribution >= 0.6 is 0 Å². The molecule has 0 spiro atoms. The van der Waals surface area contributed by atoms with E-state index >= 15 is 0 Å². The van der Waals surface area contributed by atoms with Gasteiger partial charge in [0.2, 0.25) is 0 Å². The summed E-state index contributed by atoms with van der Waals surface area (Å²) in [5.41, 5.74) is 4.69. The van der Waals surface area contributed by atoms with E-state index < -0.39 is 0 Å². The highest BCUT2D eigenvalue weighted by atomic mass is 16.5. The van der Waals surface area contributed by atoms with Gasteiger partial charge in [0.1, 0.15) is 0 Å². The molecule has 0 aliphatic heterocycles. The van der Waals surface area contributed by atoms with Gasteiger partial charge in [-0.05, 0) is 35.4 Å². The standard InChI is InChI=1S/C22H17N5O2/c1-28-21-10-16-18(11-22(21)29-2)26-24-13-20(16)27-19-5-3-4-15(17(19)12-25-27)14-6-8-23-9-7-14/h3-13H,1-2H3. The van der Waals surface area contributed by atoms with Crippen molar-refractivity contribution in [3.63, 3.8) is 0 Å². The lowest BCUT2D eigenvalue weighted by molar-refractivity contribution is 0.355. The number of rotatable bonds is 4. The fraction of sp³-hybridized carbons (Fsp3) is 0.0909. The van der Waals surface area contributed by atoms with Crippen LogP contribution in [-0.4, -0.2) is 39.2 Å². The van der Waals surface area contributed by atoms with Gasteiger partial charge in [0, 0.05) is 29.2 Å². The van der Waals surface area contributed by atoms with Gasteiger partial charge in [-0.25, -0.2) is 4.68 Å². The summed E-state index contributed by atoms with van der Waals surface area (Å²) in [6.07, 6.45) is 7.16. The van der Waals surface area contributed by atoms with Crippen LogP contribution in [0.5, 0.6) is 11.5 Å². The lowest BCUT2D eigenvalue weighted by Crippen LogP contribution is -2.01. The molecule has 0 saturated heterocycles. The van der Waals surface area contributed by atoms with Gasteiger partial charge in [-0.15, -0.1) is 0 Å². The zero-order valence-corrected chi connectivity index (χ0v) is 15.9. The third-order valence-corrected chi connectivity index (χ3v) is 4.96. The first kappa shape index (κ1) is 17.1. The maximum Gasteiger partial charge on any atom is 0.162 e. The van der Waals surface area contributed by atoms with E-state index in [9.17, 15) is 0 Å². The third kappa shape index (κ3) is 2.75. The molecule has 0 radical (unpaired) electrons. The van der Waals surface area contributed by atoms with Crippen molar-refractivity contribution < 1.29 is 9.47 Å². The quantitative estimate of drug-likeness (QED) is 0.466. The number of pyridine rings is 1. The van der Waals surface area contributed by atoms with Crippen molar-refractivity contribution in [2.24, 2.45) is 0 Å². The summed E-state index contributed by atoms with van der Waals surface area (Å²) >= 11 is 0. The van der Waals surface area contributed by atoms with E-state index in [0.717, 1.165) is 33.1 Å². The van der Waals surface area contributed by atoms with Crippen molar-refractivity contribution in [3.8, 4) is 28.3 Å². The first-order valence-corrected chi connectivity index (χ1v) is 9.05. The summed E-state index contributed by atoms with van der Waals surface area (Å²) in [7, 11) is 3.21. The number of hydrogen-bond acceptors (Lipinski definition) is 6. The Balaban J connectivity index is 1.76. The Hall–Kier alpha value is -4.00. The minimum atomic E-state index is 0.608. The molecule has 3 heterocycles. The van der Waals surface area contributed by atoms with E-state index in [1.165, 1.54) is 0 Å². The van der Waals surface area contributed by atoms with Crippen molar-refractivity contribution in [3.05, 3.63) is 67.3 Å². The molecule has 0 atom stereocenters. The molecule has 7 nitrogen and oxygen atoms in total. The van der Waals surface area contributed by atoms with Gasteiger partial charge in [-0.3, -0.25) is 4.98 Å². The van der Waals surface area contributed by atoms with Crippen LogP contribution in [0.15, 0.2) is 67.3 Å². The topological polar surface area (TPSA) is 75.0 Å². The first-order valence-electron chi connectivity index (χ1n) is 9.05. The normalized spacial score (nSPS) is 11.1. The third-order valence-electron chi connectivity index (χ3n) is 4.96. The zero-order chi connectivity index (χ0) is 19.8. The molecular weight excluding hydrogens is 366 g/mol. The lowest BCUT2D eigenvalue weighted by atomic mass is 10.0. The second-order valence-corrected chi connectivity index (χ2v) is 6.48. The summed E-state index contributed by atoms with van der Waals surface area (Å²) in [4.78, 5) is 4.11. The monoisotopic (exact) mass is 383 g/mol. The number of aromatic nitrogens is 5. The van der Waals surface area contributed by atoms with Crippen LogP contribution in [0.3, 0.4) is 0 Å². The van der Waals surface area contributed by atoms with Crippen LogP contribution in [0.1, 0.15) is 0 Å². The van der Waals surface area contributed by atoms with Crippen LogP contribution in [0.2, 0.25) is 0 Å². The Morgan fingerprint density at radius 1 is 0.862 bits per heavy atom. The number of benzene rings is 2. The van der Waals surface area contributed by atoms with Gasteiger partial charge in [0.25, 0.3) is 0 Å². The van der Waals surface area contributed by atoms with Gasteiger partial charge >= 0.3 is 0 Å². The Morgan fingerprint density at radius 3 is 2.45 bits per heavy atom. The molecule has 5 aromatic rings. The molecule has 0 amide bonds. The van der Waals surface area contributed by atoms with Crippen LogP contribution in [0, 0.1) is 0 Å². The van der Waals surface area contributed by atoms with Crippen molar-refractivity contribution in [1.82, 2.24) is 25.0 Å². The second kappa shape index (κ2) is 6.87. The maximum absolute atomic E-state index is 5.47. The summed E-state index contributed by atoms with van der Waals surface area (Å²) < 4.78 is 12.7. The SMILES string of the molecule is COc1cc2nncc(-n3ncc4c(-c5ccncc5)cccc43)c2cc1OC. The zero-order valence-electron chi connectivity index (χ0n) is 15.9. The number of fused-ring (bicyclic) bond motifs is 2. The number of hydrogen-bond donors (Lipinski definition) is 0. The highest BCUT2D eigenvalue weighted by Gasteiger charge is 2.15. The number of methoxy groups -OCH3 is 2. The molecule has 0 saturated carbocycles. The number of nitrogens with zero attached hydrogens (tertiary/aromatic N) is 5. The van der Waals surface area contributed by atoms with Crippen molar-refractivity contribution in [1.29, 1.82) is 0 Å². The Kier molecular flexibility index (Phi) is 4.05. The Labute approximate surface area is 166 Å². The van der Waals surface area contributed by atoms with Crippen LogP contribution in [0.25, 0.3) is 38.6 Å². The summed E-state index contributed by atoms with van der Waals surface area (Å²) in [6.45, 7) is 0. The van der Waals surface area contributed by atoms with Crippen molar-refractivity contribution >= 4 is 21.8 Å². The fourth-order valence-electron chi connectivity index (χ4n) is 3.57. The smallest absolute Gasteiger partial charge is 0.162 e. The van der Waals surface area contributed by atoms with Crippen LogP contribution < -0.4 is 9.47 Å². The van der Waals surface area contributed by atoms with Gasteiger partial charge in [-0.1, -0.05) is 12.1 Å². The minimum Gasteiger partial charge on any atom is -0.493 e. The molecule has 2 aromatic carbocycles. The highest BCUT2D eigenvalue weighted by molar-refractivity contribution is 5.97. The van der Waals surface area contributed by atoms with Gasteiger partial charge < -0.3 is 9.47 Å². The molecule has 0 aliphatic carbocycles. The summed E-state index contributed by atoms with van der Waals surface area (Å²) in [5, 5.41) is 15.0. The number of ether oxygens (including phenoxy) is 2. The summed E-state index contributed by atoms with van der Waals surface area (Å²) in [6, 6.07) is 13.9. The van der Waals surface area contributed by atoms with E-state index in [2.05, 4.69) is 26.3 Å². The first-order chi connectivity index (χ1) is 14.3. The molecule has 0 unspecified atom stereocenters. The molecule has 0 aliphatic rings. The van der Waals surface area contributed by atoms with E-state index in [-0.39, 0.29) is 0 Å². The minimum absolute atomic E-state index is 0.608. The second-order valence-electron chi connectivity index (χ2n) is 6.48. The predicted octanol–water partition coefficient (Wildman–Crippen LogP) is 4.05. The molecule has 7 heteroatoms. The Morgan fingerprint density at radius 2 is 1.66 bits per heavy atom. The van der Waals surface area contributed by atoms with Gasteiger partial charge in [-0.2, -0.15) is 15.3 Å². The molecule has 0 fully saturated rings. The molecule has 3 aromatic heterocycles. The summed E-state index contributed by atoms with van der Waals surface area (Å²) in [5.74, 6) is 1.24. The van der Waals surface area contributed by atoms with Crippen LogP contribution in [0.4, 0.5) is 0 Å². The average molecular weight is 383 g/mol. The average Bonchev–Trinajstić information content (AvgIpc) is 3.22. The van der Waals surface area contributed by atoms with E-state index in [1.54, 1.807) is 32.8 Å². The van der Waals surface area contributed by atoms with Crippen molar-refractivity contribution in [2.45, 2.75) is 0 Å². The maximum atomic E-state index is 5.47. The van der Waals surface area contributed by atoms with Crippen LogP contribution in [-0.2, 0) is 0 Å². The molecular formula is C22H17N5O2. The highest BCUT2D eigenvalue weighted by Crippen LogP contribution is 2.35. The molecule has 0 N–H and O–H groups in total. The van der Waals surface area contributed by atoms with Crippen molar-refractivity contribution in [2.75, 3.05) is 14.2 Å². The van der Waals surface area contributed by atoms with Gasteiger partial charge in [0.15, 0.2) is 11.5 Å². The fourth-order valence-corrected chi connectivity index (χ4v) is 3.57. The molecule has 5 rings (SSSR count). The molecule has 0 bridgehead atoms. The largest absolute Gasteiger partial charge is 0.493 e. The van der Waals surface area contributed by atoms with E-state index in [4.69, 9.17) is 9.47 Å². The molecule has 142 valence electrons. The predicted molar refractivity (Wildman–Crippen MR) is 111 cm³/mol. The van der Waals surface area contributed by atoms with E-state index in [0.29, 0.717) is 17.0 Å². The van der Waals surface area contributed by atoms with Gasteiger partial charge in [0.05, 0.1) is 43.3 Å². The lowest BCUT2D eigenvalue weighted by Gasteiger charge is -2.11.